The first-order chi connectivity index (χ1) is 11.5. The van der Waals surface area contributed by atoms with Crippen LogP contribution in [0.1, 0.15) is 40.0 Å². The summed E-state index contributed by atoms with van der Waals surface area (Å²) in [6, 6.07) is 0.104. The fourth-order valence-electron chi connectivity index (χ4n) is 3.04. The van der Waals surface area contributed by atoms with E-state index >= 15 is 0 Å². The highest BCUT2D eigenvalue weighted by Gasteiger charge is 2.19. The minimum atomic E-state index is 0.104. The van der Waals surface area contributed by atoms with Gasteiger partial charge in [0.15, 0.2) is 0 Å². The lowest BCUT2D eigenvalue weighted by Gasteiger charge is -2.26. The van der Waals surface area contributed by atoms with Crippen LogP contribution in [0.3, 0.4) is 0 Å². The van der Waals surface area contributed by atoms with Gasteiger partial charge in [-0.2, -0.15) is 0 Å². The van der Waals surface area contributed by atoms with Gasteiger partial charge in [0.25, 0.3) is 0 Å². The molecule has 0 bridgehead atoms. The highest BCUT2D eigenvalue weighted by molar-refractivity contribution is 6.70. The Morgan fingerprint density at radius 1 is 1.42 bits per heavy atom. The van der Waals surface area contributed by atoms with Crippen molar-refractivity contribution >= 4 is 16.8 Å². The van der Waals surface area contributed by atoms with Crippen molar-refractivity contribution in [3.63, 3.8) is 0 Å². The summed E-state index contributed by atoms with van der Waals surface area (Å²) in [6.45, 7) is 7.51. The highest BCUT2D eigenvalue weighted by atomic mass is 35.5. The number of aliphatic imine (C=N–C) groups is 1. The second-order valence-corrected chi connectivity index (χ2v) is 7.37. The average molecular weight is 348 g/mol. The van der Waals surface area contributed by atoms with E-state index in [1.54, 1.807) is 6.20 Å². The van der Waals surface area contributed by atoms with Gasteiger partial charge < -0.3 is 10.6 Å². The van der Waals surface area contributed by atoms with Crippen molar-refractivity contribution in [2.45, 2.75) is 46.1 Å². The Balaban J connectivity index is 2.03. The first kappa shape index (κ1) is 19.0. The monoisotopic (exact) mass is 347 g/mol. The van der Waals surface area contributed by atoms with Crippen LogP contribution in [-0.2, 0) is 0 Å². The molecule has 0 aromatic rings. The van der Waals surface area contributed by atoms with Crippen molar-refractivity contribution < 1.29 is 0 Å². The molecule has 1 unspecified atom stereocenters. The Bertz CT molecular complexity index is 578. The lowest BCUT2D eigenvalue weighted by Crippen LogP contribution is -2.30. The molecular formula is C20H30ClN3. The zero-order chi connectivity index (χ0) is 17.5. The maximum atomic E-state index is 6.23. The van der Waals surface area contributed by atoms with E-state index in [4.69, 9.17) is 11.6 Å². The summed E-state index contributed by atoms with van der Waals surface area (Å²) in [7, 11) is 1.92. The van der Waals surface area contributed by atoms with Crippen LogP contribution >= 0.6 is 11.6 Å². The highest BCUT2D eigenvalue weighted by Crippen LogP contribution is 2.33. The zero-order valence-corrected chi connectivity index (χ0v) is 16.0. The second kappa shape index (κ2) is 9.24. The molecule has 0 aromatic carbocycles. The van der Waals surface area contributed by atoms with Crippen molar-refractivity contribution in [2.24, 2.45) is 16.8 Å². The van der Waals surface area contributed by atoms with Gasteiger partial charge in [0, 0.05) is 24.5 Å². The molecule has 1 saturated carbocycles. The molecule has 0 amide bonds. The number of nitrogens with one attached hydrogen (secondary N) is 2. The Kier molecular flexibility index (Phi) is 7.32. The van der Waals surface area contributed by atoms with Crippen LogP contribution < -0.4 is 10.6 Å². The summed E-state index contributed by atoms with van der Waals surface area (Å²) in [6.07, 6.45) is 14.5. The third-order valence-corrected chi connectivity index (χ3v) is 4.94. The van der Waals surface area contributed by atoms with E-state index < -0.39 is 0 Å². The summed E-state index contributed by atoms with van der Waals surface area (Å²) in [5.74, 6) is 1.32. The Morgan fingerprint density at radius 3 is 2.75 bits per heavy atom. The molecule has 1 atom stereocenters. The number of rotatable bonds is 7. The summed E-state index contributed by atoms with van der Waals surface area (Å²) < 4.78 is 0. The molecule has 1 aliphatic carbocycles. The fourth-order valence-corrected chi connectivity index (χ4v) is 3.27. The van der Waals surface area contributed by atoms with Gasteiger partial charge >= 0.3 is 0 Å². The molecule has 0 radical (unpaired) electrons. The SMILES string of the molecule is CNC1C=CN=C(Cl)/C1=C/NCC(=C/C(C)C)/C=C(\C)C1CCC1. The van der Waals surface area contributed by atoms with Gasteiger partial charge in [-0.15, -0.1) is 0 Å². The Hall–Kier alpha value is -1.32. The van der Waals surface area contributed by atoms with Crippen LogP contribution in [0.5, 0.6) is 0 Å². The fraction of sp³-hybridized carbons (Fsp3) is 0.550. The Labute approximate surface area is 151 Å². The normalized spacial score (nSPS) is 24.3. The molecule has 0 saturated heterocycles. The molecule has 3 nitrogen and oxygen atoms in total. The van der Waals surface area contributed by atoms with Gasteiger partial charge in [0.1, 0.15) is 5.17 Å². The lowest BCUT2D eigenvalue weighted by atomic mass is 9.79. The third-order valence-electron chi connectivity index (χ3n) is 4.62. The number of likely N-dealkylation sites (N-methyl/N-ethyl adjacent to an activating group) is 1. The molecule has 2 aliphatic rings. The molecule has 4 heteroatoms. The minimum Gasteiger partial charge on any atom is -0.386 e. The van der Waals surface area contributed by atoms with Crippen molar-refractivity contribution in [3.8, 4) is 0 Å². The summed E-state index contributed by atoms with van der Waals surface area (Å²) in [4.78, 5) is 4.17. The van der Waals surface area contributed by atoms with Gasteiger partial charge in [0.2, 0.25) is 0 Å². The maximum absolute atomic E-state index is 6.23. The molecule has 0 spiro atoms. The minimum absolute atomic E-state index is 0.104. The molecule has 2 rings (SSSR count). The number of nitrogens with zero attached hydrogens (tertiary/aromatic N) is 1. The molecule has 24 heavy (non-hydrogen) atoms. The number of allylic oxidation sites excluding steroid dienone is 2. The molecule has 1 fully saturated rings. The number of hydrogen-bond acceptors (Lipinski definition) is 3. The van der Waals surface area contributed by atoms with E-state index in [9.17, 15) is 0 Å². The predicted molar refractivity (Wildman–Crippen MR) is 105 cm³/mol. The van der Waals surface area contributed by atoms with Crippen molar-refractivity contribution in [1.29, 1.82) is 0 Å². The smallest absolute Gasteiger partial charge is 0.135 e. The first-order valence-electron chi connectivity index (χ1n) is 8.91. The third kappa shape index (κ3) is 5.35. The van der Waals surface area contributed by atoms with Gasteiger partial charge in [0.05, 0.1) is 6.04 Å². The molecule has 1 heterocycles. The van der Waals surface area contributed by atoms with Gasteiger partial charge in [-0.25, -0.2) is 4.99 Å². The van der Waals surface area contributed by atoms with E-state index in [1.807, 2.05) is 19.3 Å². The van der Waals surface area contributed by atoms with E-state index in [2.05, 4.69) is 48.5 Å². The molecular weight excluding hydrogens is 318 g/mol. The maximum Gasteiger partial charge on any atom is 0.135 e. The van der Waals surface area contributed by atoms with E-state index in [0.717, 1.165) is 18.0 Å². The van der Waals surface area contributed by atoms with E-state index in [-0.39, 0.29) is 6.04 Å². The number of hydrogen-bond donors (Lipinski definition) is 2. The van der Waals surface area contributed by atoms with Gasteiger partial charge in [-0.3, -0.25) is 0 Å². The summed E-state index contributed by atoms with van der Waals surface area (Å²) >= 11 is 6.23. The first-order valence-corrected chi connectivity index (χ1v) is 9.29. The second-order valence-electron chi connectivity index (χ2n) is 7.01. The van der Waals surface area contributed by atoms with Crippen LogP contribution in [0.25, 0.3) is 0 Å². The van der Waals surface area contributed by atoms with Gasteiger partial charge in [-0.05, 0) is 50.3 Å². The molecule has 0 aromatic heterocycles. The Morgan fingerprint density at radius 2 is 2.17 bits per heavy atom. The van der Waals surface area contributed by atoms with Crippen molar-refractivity contribution in [1.82, 2.24) is 10.6 Å². The lowest BCUT2D eigenvalue weighted by molar-refractivity contribution is 0.368. The molecule has 1 aliphatic heterocycles. The summed E-state index contributed by atoms with van der Waals surface area (Å²) in [5.41, 5.74) is 3.83. The van der Waals surface area contributed by atoms with Gasteiger partial charge in [-0.1, -0.05) is 49.6 Å². The van der Waals surface area contributed by atoms with Crippen LogP contribution in [-0.4, -0.2) is 24.8 Å². The van der Waals surface area contributed by atoms with E-state index in [0.29, 0.717) is 11.1 Å². The van der Waals surface area contributed by atoms with Crippen molar-refractivity contribution in [3.05, 3.63) is 47.3 Å². The number of halogens is 1. The van der Waals surface area contributed by atoms with Crippen LogP contribution in [0.15, 0.2) is 52.3 Å². The predicted octanol–water partition coefficient (Wildman–Crippen LogP) is 4.54. The van der Waals surface area contributed by atoms with Crippen LogP contribution in [0.4, 0.5) is 0 Å². The summed E-state index contributed by atoms with van der Waals surface area (Å²) in [5, 5.41) is 7.19. The van der Waals surface area contributed by atoms with E-state index in [1.165, 1.54) is 30.4 Å². The van der Waals surface area contributed by atoms with Crippen molar-refractivity contribution in [2.75, 3.05) is 13.6 Å². The van der Waals surface area contributed by atoms with Crippen LogP contribution in [0, 0.1) is 11.8 Å². The molecule has 132 valence electrons. The van der Waals surface area contributed by atoms with Crippen LogP contribution in [0.2, 0.25) is 0 Å². The standard InChI is InChI=1S/C20H30ClN3/c1-14(2)10-16(11-15(3)17-6-5-7-17)12-23-13-18-19(22-4)8-9-24-20(18)21/h8-11,13-14,17,19,22-23H,5-7,12H2,1-4H3/b15-11+,16-10+,18-13+. The zero-order valence-electron chi connectivity index (χ0n) is 15.3. The average Bonchev–Trinajstić information content (AvgIpc) is 2.46. The quantitative estimate of drug-likeness (QED) is 0.663. The molecule has 2 N–H and O–H groups in total. The topological polar surface area (TPSA) is 36.4 Å². The largest absolute Gasteiger partial charge is 0.386 e.